The zero-order valence-corrected chi connectivity index (χ0v) is 12.8. The van der Waals surface area contributed by atoms with Gasteiger partial charge in [-0.3, -0.25) is 0 Å². The van der Waals surface area contributed by atoms with Crippen molar-refractivity contribution in [1.82, 2.24) is 0 Å². The Hall–Kier alpha value is -1.11. The van der Waals surface area contributed by atoms with Crippen molar-refractivity contribution < 1.29 is 8.42 Å². The zero-order valence-electron chi connectivity index (χ0n) is 12.0. The molecule has 1 aromatic carbocycles. The van der Waals surface area contributed by atoms with Crippen molar-refractivity contribution in [1.29, 1.82) is 0 Å². The second-order valence-corrected chi connectivity index (χ2v) is 7.29. The van der Waals surface area contributed by atoms with E-state index in [9.17, 15) is 8.42 Å². The van der Waals surface area contributed by atoms with E-state index in [1.165, 1.54) is 0 Å². The van der Waals surface area contributed by atoms with E-state index in [-0.39, 0.29) is 10.9 Å². The fourth-order valence-corrected chi connectivity index (χ4v) is 3.34. The average Bonchev–Trinajstić information content (AvgIpc) is 2.33. The number of benzene rings is 1. The summed E-state index contributed by atoms with van der Waals surface area (Å²) in [5.74, 6) is 0. The van der Waals surface area contributed by atoms with Crippen LogP contribution in [-0.4, -0.2) is 20.5 Å². The molecule has 5 N–H and O–H groups in total. The van der Waals surface area contributed by atoms with Gasteiger partial charge in [-0.25, -0.2) is 13.6 Å². The molecule has 5 nitrogen and oxygen atoms in total. The normalized spacial score (nSPS) is 23.6. The predicted octanol–water partition coefficient (Wildman–Crippen LogP) is 1.63. The van der Waals surface area contributed by atoms with Crippen molar-refractivity contribution in [2.75, 3.05) is 5.32 Å². The molecule has 2 unspecified atom stereocenters. The summed E-state index contributed by atoms with van der Waals surface area (Å²) in [6, 6.07) is 3.76. The maximum atomic E-state index is 11.5. The van der Waals surface area contributed by atoms with E-state index in [1.54, 1.807) is 12.1 Å². The Bertz CT molecular complexity index is 599. The molecule has 1 fully saturated rings. The van der Waals surface area contributed by atoms with Gasteiger partial charge in [0.2, 0.25) is 10.0 Å². The second kappa shape index (κ2) is 5.71. The van der Waals surface area contributed by atoms with Crippen LogP contribution in [0.25, 0.3) is 0 Å². The number of nitrogens with two attached hydrogens (primary N) is 2. The Morgan fingerprint density at radius 3 is 2.55 bits per heavy atom. The molecule has 0 bridgehead atoms. The molecular weight excluding hydrogens is 274 g/mol. The molecule has 112 valence electrons. The van der Waals surface area contributed by atoms with Crippen LogP contribution in [0.4, 0.5) is 5.69 Å². The Kier molecular flexibility index (Phi) is 4.36. The van der Waals surface area contributed by atoms with Gasteiger partial charge in [0.1, 0.15) is 0 Å². The highest BCUT2D eigenvalue weighted by Gasteiger charge is 2.20. The third-order valence-corrected chi connectivity index (χ3v) is 4.94. The van der Waals surface area contributed by atoms with E-state index >= 15 is 0 Å². The maximum absolute atomic E-state index is 11.5. The number of primary sulfonamides is 1. The molecule has 1 aliphatic carbocycles. The fourth-order valence-electron chi connectivity index (χ4n) is 2.72. The summed E-state index contributed by atoms with van der Waals surface area (Å²) in [5, 5.41) is 8.66. The molecule has 0 heterocycles. The lowest BCUT2D eigenvalue weighted by Crippen LogP contribution is -2.35. The van der Waals surface area contributed by atoms with E-state index in [2.05, 4.69) is 5.32 Å². The standard InChI is InChI=1S/C14H23N3O2S/c1-9-6-13(20(16,18)19)8-14(10(9)2)17-12-5-3-4-11(15)7-12/h6,8,11-12,17H,3-5,7,15H2,1-2H3,(H2,16,18,19). The SMILES string of the molecule is Cc1cc(S(N)(=O)=O)cc(NC2CCCC(N)C2)c1C. The van der Waals surface area contributed by atoms with Crippen LogP contribution in [0.15, 0.2) is 17.0 Å². The molecule has 0 spiro atoms. The average molecular weight is 297 g/mol. The van der Waals surface area contributed by atoms with E-state index < -0.39 is 10.0 Å². The smallest absolute Gasteiger partial charge is 0.238 e. The minimum Gasteiger partial charge on any atom is -0.382 e. The van der Waals surface area contributed by atoms with E-state index in [4.69, 9.17) is 10.9 Å². The largest absolute Gasteiger partial charge is 0.382 e. The van der Waals surface area contributed by atoms with Crippen molar-refractivity contribution in [2.45, 2.75) is 56.5 Å². The molecule has 6 heteroatoms. The molecule has 2 atom stereocenters. The molecule has 0 saturated heterocycles. The summed E-state index contributed by atoms with van der Waals surface area (Å²) in [6.07, 6.45) is 4.14. The van der Waals surface area contributed by atoms with Gasteiger partial charge in [0.15, 0.2) is 0 Å². The number of nitrogens with one attached hydrogen (secondary N) is 1. The van der Waals surface area contributed by atoms with Gasteiger partial charge >= 0.3 is 0 Å². The van der Waals surface area contributed by atoms with Crippen LogP contribution in [0.5, 0.6) is 0 Å². The maximum Gasteiger partial charge on any atom is 0.238 e. The molecule has 2 rings (SSSR count). The van der Waals surface area contributed by atoms with Crippen LogP contribution in [0, 0.1) is 13.8 Å². The number of aryl methyl sites for hydroxylation is 1. The quantitative estimate of drug-likeness (QED) is 0.789. The minimum atomic E-state index is -3.68. The summed E-state index contributed by atoms with van der Waals surface area (Å²) in [6.45, 7) is 3.87. The molecule has 1 aliphatic rings. The van der Waals surface area contributed by atoms with Gasteiger partial charge in [0, 0.05) is 17.8 Å². The first-order chi connectivity index (χ1) is 9.27. The summed E-state index contributed by atoms with van der Waals surface area (Å²) in [7, 11) is -3.68. The van der Waals surface area contributed by atoms with Crippen LogP contribution < -0.4 is 16.2 Å². The topological polar surface area (TPSA) is 98.2 Å². The predicted molar refractivity (Wildman–Crippen MR) is 81.1 cm³/mol. The fraction of sp³-hybridized carbons (Fsp3) is 0.571. The van der Waals surface area contributed by atoms with Gasteiger partial charge in [-0.15, -0.1) is 0 Å². The van der Waals surface area contributed by atoms with E-state index in [0.717, 1.165) is 42.5 Å². The van der Waals surface area contributed by atoms with Gasteiger partial charge < -0.3 is 11.1 Å². The highest BCUT2D eigenvalue weighted by atomic mass is 32.2. The summed E-state index contributed by atoms with van der Waals surface area (Å²) in [5.41, 5.74) is 8.80. The molecule has 0 aromatic heterocycles. The van der Waals surface area contributed by atoms with Gasteiger partial charge in [0.25, 0.3) is 0 Å². The van der Waals surface area contributed by atoms with Gasteiger partial charge in [0.05, 0.1) is 4.90 Å². The summed E-state index contributed by atoms with van der Waals surface area (Å²) < 4.78 is 23.0. The summed E-state index contributed by atoms with van der Waals surface area (Å²) in [4.78, 5) is 0.156. The first-order valence-corrected chi connectivity index (χ1v) is 8.48. The lowest BCUT2D eigenvalue weighted by molar-refractivity contribution is 0.409. The van der Waals surface area contributed by atoms with Crippen molar-refractivity contribution >= 4 is 15.7 Å². The number of hydrogen-bond donors (Lipinski definition) is 3. The van der Waals surface area contributed by atoms with E-state index in [1.807, 2.05) is 13.8 Å². The van der Waals surface area contributed by atoms with Crippen molar-refractivity contribution in [3.8, 4) is 0 Å². The molecule has 0 radical (unpaired) electrons. The lowest BCUT2D eigenvalue weighted by atomic mass is 9.91. The van der Waals surface area contributed by atoms with E-state index in [0.29, 0.717) is 6.04 Å². The monoisotopic (exact) mass is 297 g/mol. The second-order valence-electron chi connectivity index (χ2n) is 5.73. The molecular formula is C14H23N3O2S. The Labute approximate surface area is 120 Å². The van der Waals surface area contributed by atoms with Crippen LogP contribution in [-0.2, 0) is 10.0 Å². The lowest BCUT2D eigenvalue weighted by Gasteiger charge is -2.29. The number of anilines is 1. The third-order valence-electron chi connectivity index (χ3n) is 4.04. The van der Waals surface area contributed by atoms with Crippen LogP contribution >= 0.6 is 0 Å². The zero-order chi connectivity index (χ0) is 14.9. The van der Waals surface area contributed by atoms with Gasteiger partial charge in [-0.1, -0.05) is 0 Å². The summed E-state index contributed by atoms with van der Waals surface area (Å²) >= 11 is 0. The van der Waals surface area contributed by atoms with Crippen molar-refractivity contribution in [3.63, 3.8) is 0 Å². The van der Waals surface area contributed by atoms with Gasteiger partial charge in [-0.2, -0.15) is 0 Å². The molecule has 0 amide bonds. The van der Waals surface area contributed by atoms with Crippen molar-refractivity contribution in [3.05, 3.63) is 23.3 Å². The molecule has 20 heavy (non-hydrogen) atoms. The molecule has 1 aromatic rings. The van der Waals surface area contributed by atoms with Crippen molar-refractivity contribution in [2.24, 2.45) is 10.9 Å². The Balaban J connectivity index is 2.29. The minimum absolute atomic E-state index is 0.156. The number of hydrogen-bond acceptors (Lipinski definition) is 4. The Morgan fingerprint density at radius 2 is 1.95 bits per heavy atom. The molecule has 0 aliphatic heterocycles. The first-order valence-electron chi connectivity index (χ1n) is 6.93. The highest BCUT2D eigenvalue weighted by molar-refractivity contribution is 7.89. The highest BCUT2D eigenvalue weighted by Crippen LogP contribution is 2.27. The number of rotatable bonds is 3. The van der Waals surface area contributed by atoms with Gasteiger partial charge in [-0.05, 0) is 62.8 Å². The third kappa shape index (κ3) is 3.50. The molecule has 1 saturated carbocycles. The first kappa shape index (κ1) is 15.3. The van der Waals surface area contributed by atoms with Crippen LogP contribution in [0.1, 0.15) is 36.8 Å². The Morgan fingerprint density at radius 1 is 1.25 bits per heavy atom. The number of sulfonamides is 1. The van der Waals surface area contributed by atoms with Crippen LogP contribution in [0.3, 0.4) is 0 Å². The van der Waals surface area contributed by atoms with Crippen LogP contribution in [0.2, 0.25) is 0 Å².